The molecule has 1 aromatic carbocycles. The van der Waals surface area contributed by atoms with Crippen LogP contribution in [0.4, 0.5) is 5.82 Å². The van der Waals surface area contributed by atoms with Gasteiger partial charge in [0.25, 0.3) is 5.56 Å². The van der Waals surface area contributed by atoms with Crippen LogP contribution < -0.4 is 26.9 Å². The summed E-state index contributed by atoms with van der Waals surface area (Å²) in [6.07, 6.45) is 0. The third-order valence-corrected chi connectivity index (χ3v) is 5.37. The standard InChI is InChI=1S/C19H24N4O8S/c1-10(2)8-23-16(20)15(17(25)22(3)19(23)27)13(24)9-31-18(26)12-7-11(32(21,28)29)5-6-14(12)30-4/h5-7,10H,8-9,20H2,1-4H3,(H2,21,28,29). The summed E-state index contributed by atoms with van der Waals surface area (Å²) in [5.41, 5.74) is 3.52. The van der Waals surface area contributed by atoms with Gasteiger partial charge < -0.3 is 15.2 Å². The Morgan fingerprint density at radius 3 is 2.34 bits per heavy atom. The molecule has 0 aliphatic carbocycles. The number of primary sulfonamides is 1. The first-order chi connectivity index (χ1) is 14.8. The maximum atomic E-state index is 12.7. The number of rotatable bonds is 8. The number of hydrogen-bond donors (Lipinski definition) is 2. The molecule has 0 aliphatic rings. The minimum atomic E-state index is -4.12. The van der Waals surface area contributed by atoms with Gasteiger partial charge >= 0.3 is 11.7 Å². The molecule has 174 valence electrons. The van der Waals surface area contributed by atoms with Crippen molar-refractivity contribution in [3.63, 3.8) is 0 Å². The number of benzene rings is 1. The van der Waals surface area contributed by atoms with E-state index in [-0.39, 0.29) is 34.5 Å². The number of nitrogens with zero attached hydrogens (tertiary/aromatic N) is 2. The number of ether oxygens (including phenoxy) is 2. The topological polar surface area (TPSA) is 183 Å². The van der Waals surface area contributed by atoms with E-state index in [9.17, 15) is 27.6 Å². The van der Waals surface area contributed by atoms with Gasteiger partial charge in [0, 0.05) is 13.6 Å². The summed E-state index contributed by atoms with van der Waals surface area (Å²) in [7, 11) is -1.67. The van der Waals surface area contributed by atoms with Crippen molar-refractivity contribution < 1.29 is 27.5 Å². The molecule has 13 heteroatoms. The zero-order chi connectivity index (χ0) is 24.4. The number of sulfonamides is 1. The van der Waals surface area contributed by atoms with E-state index in [2.05, 4.69) is 0 Å². The van der Waals surface area contributed by atoms with Crippen LogP contribution in [-0.4, -0.2) is 43.0 Å². The highest BCUT2D eigenvalue weighted by molar-refractivity contribution is 7.89. The largest absolute Gasteiger partial charge is 0.496 e. The van der Waals surface area contributed by atoms with Gasteiger partial charge in [-0.15, -0.1) is 0 Å². The van der Waals surface area contributed by atoms with Gasteiger partial charge in [-0.1, -0.05) is 13.8 Å². The second kappa shape index (κ2) is 9.36. The van der Waals surface area contributed by atoms with Crippen molar-refractivity contribution in [2.45, 2.75) is 25.3 Å². The predicted molar refractivity (Wildman–Crippen MR) is 114 cm³/mol. The number of hydrogen-bond acceptors (Lipinski definition) is 9. The molecule has 0 aliphatic heterocycles. The number of aromatic nitrogens is 2. The number of carbonyl (C=O) groups is 2. The van der Waals surface area contributed by atoms with Crippen LogP contribution in [0.5, 0.6) is 5.75 Å². The Balaban J connectivity index is 2.38. The molecular formula is C19H24N4O8S. The van der Waals surface area contributed by atoms with Crippen LogP contribution in [0.1, 0.15) is 34.6 Å². The molecule has 0 bridgehead atoms. The maximum absolute atomic E-state index is 12.7. The van der Waals surface area contributed by atoms with Crippen LogP contribution in [0.2, 0.25) is 0 Å². The molecule has 4 N–H and O–H groups in total. The summed E-state index contributed by atoms with van der Waals surface area (Å²) < 4.78 is 34.9. The Kier molecular flexibility index (Phi) is 7.26. The van der Waals surface area contributed by atoms with Crippen LogP contribution >= 0.6 is 0 Å². The molecule has 0 unspecified atom stereocenters. The lowest BCUT2D eigenvalue weighted by Crippen LogP contribution is -2.43. The molecule has 1 heterocycles. The number of Topliss-reactive ketones (excluding diaryl/α,β-unsaturated/α-hetero) is 1. The molecule has 0 atom stereocenters. The molecule has 0 spiro atoms. The third kappa shape index (κ3) is 5.06. The van der Waals surface area contributed by atoms with Crippen molar-refractivity contribution >= 4 is 27.6 Å². The Bertz CT molecular complexity index is 1290. The van der Waals surface area contributed by atoms with Gasteiger partial charge in [-0.25, -0.2) is 23.1 Å². The minimum absolute atomic E-state index is 0.00755. The number of esters is 1. The fraction of sp³-hybridized carbons (Fsp3) is 0.368. The molecule has 1 aromatic heterocycles. The van der Waals surface area contributed by atoms with Gasteiger partial charge in [0.05, 0.1) is 12.0 Å². The Hall–Kier alpha value is -3.45. The summed E-state index contributed by atoms with van der Waals surface area (Å²) in [5, 5.41) is 5.07. The lowest BCUT2D eigenvalue weighted by Gasteiger charge is -2.16. The van der Waals surface area contributed by atoms with Crippen molar-refractivity contribution in [2.75, 3.05) is 19.5 Å². The fourth-order valence-corrected chi connectivity index (χ4v) is 3.43. The summed E-state index contributed by atoms with van der Waals surface area (Å²) in [6, 6.07) is 3.28. The van der Waals surface area contributed by atoms with Gasteiger partial charge in [0.2, 0.25) is 15.8 Å². The smallest absolute Gasteiger partial charge is 0.342 e. The van der Waals surface area contributed by atoms with E-state index >= 15 is 0 Å². The minimum Gasteiger partial charge on any atom is -0.496 e. The quantitative estimate of drug-likeness (QED) is 0.380. The Morgan fingerprint density at radius 2 is 1.81 bits per heavy atom. The normalized spacial score (nSPS) is 11.4. The van der Waals surface area contributed by atoms with E-state index in [4.69, 9.17) is 20.3 Å². The van der Waals surface area contributed by atoms with Crippen molar-refractivity contribution in [2.24, 2.45) is 18.1 Å². The Morgan fingerprint density at radius 1 is 1.19 bits per heavy atom. The molecule has 32 heavy (non-hydrogen) atoms. The van der Waals surface area contributed by atoms with Gasteiger partial charge in [-0.05, 0) is 24.1 Å². The molecular weight excluding hydrogens is 444 g/mol. The van der Waals surface area contributed by atoms with Crippen LogP contribution in [0, 0.1) is 5.92 Å². The second-order valence-corrected chi connectivity index (χ2v) is 8.88. The molecule has 0 amide bonds. The lowest BCUT2D eigenvalue weighted by molar-refractivity contribution is 0.0470. The first-order valence-electron chi connectivity index (χ1n) is 9.30. The van der Waals surface area contributed by atoms with Crippen molar-refractivity contribution in [3.05, 3.63) is 50.2 Å². The average molecular weight is 468 g/mol. The third-order valence-electron chi connectivity index (χ3n) is 4.46. The van der Waals surface area contributed by atoms with Crippen LogP contribution in [0.3, 0.4) is 0 Å². The van der Waals surface area contributed by atoms with E-state index in [1.807, 2.05) is 13.8 Å². The predicted octanol–water partition coefficient (Wildman–Crippen LogP) is -0.519. The Labute approximate surface area is 183 Å². The van der Waals surface area contributed by atoms with Gasteiger partial charge in [0.15, 0.2) is 6.61 Å². The monoisotopic (exact) mass is 468 g/mol. The van der Waals surface area contributed by atoms with Gasteiger partial charge in [0.1, 0.15) is 22.7 Å². The first-order valence-corrected chi connectivity index (χ1v) is 10.8. The second-order valence-electron chi connectivity index (χ2n) is 7.32. The number of nitrogens with two attached hydrogens (primary N) is 2. The number of carbonyl (C=O) groups excluding carboxylic acids is 2. The van der Waals surface area contributed by atoms with E-state index in [0.717, 1.165) is 21.3 Å². The highest BCUT2D eigenvalue weighted by Gasteiger charge is 2.24. The summed E-state index contributed by atoms with van der Waals surface area (Å²) in [6.45, 7) is 2.92. The van der Waals surface area contributed by atoms with Gasteiger partial charge in [-0.3, -0.25) is 18.7 Å². The van der Waals surface area contributed by atoms with E-state index in [1.165, 1.54) is 20.2 Å². The zero-order valence-corrected chi connectivity index (χ0v) is 18.8. The van der Waals surface area contributed by atoms with Crippen molar-refractivity contribution in [1.82, 2.24) is 9.13 Å². The van der Waals surface area contributed by atoms with Crippen LogP contribution in [0.25, 0.3) is 0 Å². The molecule has 2 rings (SSSR count). The zero-order valence-electron chi connectivity index (χ0n) is 17.9. The molecule has 0 saturated heterocycles. The summed E-state index contributed by atoms with van der Waals surface area (Å²) in [5.74, 6) is -2.38. The SMILES string of the molecule is COc1ccc(S(N)(=O)=O)cc1C(=O)OCC(=O)c1c(N)n(CC(C)C)c(=O)n(C)c1=O. The van der Waals surface area contributed by atoms with Crippen molar-refractivity contribution in [1.29, 1.82) is 0 Å². The number of anilines is 1. The molecule has 0 saturated carbocycles. The molecule has 0 radical (unpaired) electrons. The van der Waals surface area contributed by atoms with Crippen LogP contribution in [-0.2, 0) is 28.4 Å². The molecule has 12 nitrogen and oxygen atoms in total. The number of nitrogen functional groups attached to an aromatic ring is 1. The number of ketones is 1. The molecule has 0 fully saturated rings. The van der Waals surface area contributed by atoms with E-state index in [0.29, 0.717) is 0 Å². The molecule has 2 aromatic rings. The average Bonchev–Trinajstić information content (AvgIpc) is 2.72. The maximum Gasteiger partial charge on any atom is 0.342 e. The number of methoxy groups -OCH3 is 1. The highest BCUT2D eigenvalue weighted by atomic mass is 32.2. The van der Waals surface area contributed by atoms with E-state index in [1.54, 1.807) is 0 Å². The van der Waals surface area contributed by atoms with E-state index < -0.39 is 45.2 Å². The summed E-state index contributed by atoms with van der Waals surface area (Å²) >= 11 is 0. The van der Waals surface area contributed by atoms with Gasteiger partial charge in [-0.2, -0.15) is 0 Å². The fourth-order valence-electron chi connectivity index (χ4n) is 2.89. The first kappa shape index (κ1) is 24.8. The summed E-state index contributed by atoms with van der Waals surface area (Å²) in [4.78, 5) is 49.6. The lowest BCUT2D eigenvalue weighted by atomic mass is 10.1. The van der Waals surface area contributed by atoms with Crippen molar-refractivity contribution in [3.8, 4) is 5.75 Å². The highest BCUT2D eigenvalue weighted by Crippen LogP contribution is 2.23. The van der Waals surface area contributed by atoms with Crippen LogP contribution in [0.15, 0.2) is 32.7 Å².